The summed E-state index contributed by atoms with van der Waals surface area (Å²) in [6, 6.07) is 7.20. The molecule has 128 valence electrons. The van der Waals surface area contributed by atoms with Gasteiger partial charge in [0.2, 0.25) is 11.8 Å². The molecule has 2 N–H and O–H groups in total. The van der Waals surface area contributed by atoms with E-state index in [1.165, 1.54) is 17.4 Å². The molecule has 1 aromatic heterocycles. The number of hydrogen-bond acceptors (Lipinski definition) is 3. The van der Waals surface area contributed by atoms with Crippen molar-refractivity contribution in [3.63, 3.8) is 0 Å². The Morgan fingerprint density at radius 2 is 1.92 bits per heavy atom. The van der Waals surface area contributed by atoms with Crippen LogP contribution in [-0.2, 0) is 9.59 Å². The van der Waals surface area contributed by atoms with Gasteiger partial charge in [0.05, 0.1) is 5.02 Å². The highest BCUT2D eigenvalue weighted by molar-refractivity contribution is 7.20. The first kappa shape index (κ1) is 18.5. The van der Waals surface area contributed by atoms with Gasteiger partial charge in [-0.05, 0) is 39.8 Å². The molecule has 0 radical (unpaired) electrons. The van der Waals surface area contributed by atoms with Crippen molar-refractivity contribution in [2.75, 3.05) is 0 Å². The van der Waals surface area contributed by atoms with Crippen molar-refractivity contribution in [1.29, 1.82) is 0 Å². The third-order valence-electron chi connectivity index (χ3n) is 3.20. The lowest BCUT2D eigenvalue weighted by Gasteiger charge is -2.23. The predicted octanol–water partition coefficient (Wildman–Crippen LogP) is 3.99. The molecule has 0 aliphatic rings. The van der Waals surface area contributed by atoms with Crippen molar-refractivity contribution < 1.29 is 9.59 Å². The highest BCUT2D eigenvalue weighted by Crippen LogP contribution is 2.35. The first-order valence-electron chi connectivity index (χ1n) is 7.65. The molecule has 2 aromatic rings. The summed E-state index contributed by atoms with van der Waals surface area (Å²) in [5.41, 5.74) is -0.337. The summed E-state index contributed by atoms with van der Waals surface area (Å²) in [5.74, 6) is -0.552. The van der Waals surface area contributed by atoms with E-state index in [1.54, 1.807) is 13.0 Å². The van der Waals surface area contributed by atoms with Gasteiger partial charge in [-0.3, -0.25) is 9.59 Å². The van der Waals surface area contributed by atoms with Crippen LogP contribution in [0.15, 0.2) is 30.3 Å². The van der Waals surface area contributed by atoms with Crippen molar-refractivity contribution in [3.8, 4) is 0 Å². The first-order chi connectivity index (χ1) is 11.2. The summed E-state index contributed by atoms with van der Waals surface area (Å²) >= 11 is 7.85. The second kappa shape index (κ2) is 7.36. The minimum absolute atomic E-state index is 0.218. The number of thiophene rings is 1. The molecule has 1 unspecified atom stereocenters. The monoisotopic (exact) mass is 364 g/mol. The number of amides is 2. The van der Waals surface area contributed by atoms with Crippen LogP contribution in [0.5, 0.6) is 0 Å². The standard InChI is InChI=1S/C18H21ClN2O2S/c1-11(17(23)21-18(2,3)4)20-15(22)10-9-14-16(19)12-7-5-6-8-13(12)24-14/h5-11H,1-4H3,(H,20,22)(H,21,23)/b10-9+. The lowest BCUT2D eigenvalue weighted by Crippen LogP contribution is -2.50. The number of carbonyl (C=O) groups excluding carboxylic acids is 2. The fraction of sp³-hybridized carbons (Fsp3) is 0.333. The van der Waals surface area contributed by atoms with Crippen LogP contribution in [0, 0.1) is 0 Å². The molecule has 1 aromatic carbocycles. The maximum absolute atomic E-state index is 12.0. The summed E-state index contributed by atoms with van der Waals surface area (Å²) in [4.78, 5) is 24.8. The van der Waals surface area contributed by atoms with Crippen LogP contribution in [0.1, 0.15) is 32.6 Å². The molecule has 0 bridgehead atoms. The van der Waals surface area contributed by atoms with Gasteiger partial charge in [-0.15, -0.1) is 11.3 Å². The average Bonchev–Trinajstić information content (AvgIpc) is 2.80. The second-order valence-electron chi connectivity index (χ2n) is 6.58. The van der Waals surface area contributed by atoms with Crippen LogP contribution in [0.25, 0.3) is 16.2 Å². The topological polar surface area (TPSA) is 58.2 Å². The zero-order valence-corrected chi connectivity index (χ0v) is 15.7. The molecule has 0 saturated carbocycles. The van der Waals surface area contributed by atoms with Crippen LogP contribution >= 0.6 is 22.9 Å². The van der Waals surface area contributed by atoms with E-state index in [1.807, 2.05) is 45.0 Å². The third-order valence-corrected chi connectivity index (χ3v) is 4.85. The van der Waals surface area contributed by atoms with E-state index in [2.05, 4.69) is 10.6 Å². The Kier molecular flexibility index (Phi) is 5.67. The largest absolute Gasteiger partial charge is 0.350 e. The zero-order valence-electron chi connectivity index (χ0n) is 14.1. The van der Waals surface area contributed by atoms with Crippen LogP contribution in [-0.4, -0.2) is 23.4 Å². The number of fused-ring (bicyclic) bond motifs is 1. The molecule has 0 aliphatic heterocycles. The van der Waals surface area contributed by atoms with E-state index in [-0.39, 0.29) is 17.4 Å². The van der Waals surface area contributed by atoms with Gasteiger partial charge in [-0.1, -0.05) is 29.8 Å². The highest BCUT2D eigenvalue weighted by Gasteiger charge is 2.20. The van der Waals surface area contributed by atoms with Crippen LogP contribution < -0.4 is 10.6 Å². The Labute approximate surface area is 150 Å². The summed E-state index contributed by atoms with van der Waals surface area (Å²) < 4.78 is 1.07. The van der Waals surface area contributed by atoms with Gasteiger partial charge in [0.1, 0.15) is 6.04 Å². The van der Waals surface area contributed by atoms with Gasteiger partial charge in [0.25, 0.3) is 0 Å². The highest BCUT2D eigenvalue weighted by atomic mass is 35.5. The number of rotatable bonds is 4. The third kappa shape index (κ3) is 4.82. The van der Waals surface area contributed by atoms with E-state index in [0.717, 1.165) is 15.0 Å². The minimum atomic E-state index is -0.612. The zero-order chi connectivity index (χ0) is 17.9. The van der Waals surface area contributed by atoms with E-state index in [9.17, 15) is 9.59 Å². The molecule has 1 heterocycles. The summed E-state index contributed by atoms with van der Waals surface area (Å²) in [6.45, 7) is 7.33. The number of benzene rings is 1. The summed E-state index contributed by atoms with van der Waals surface area (Å²) in [5, 5.41) is 7.09. The molecule has 24 heavy (non-hydrogen) atoms. The average molecular weight is 365 g/mol. The van der Waals surface area contributed by atoms with E-state index >= 15 is 0 Å². The lowest BCUT2D eigenvalue weighted by molar-refractivity contribution is -0.127. The molecule has 4 nitrogen and oxygen atoms in total. The van der Waals surface area contributed by atoms with Crippen molar-refractivity contribution >= 4 is 50.9 Å². The summed E-state index contributed by atoms with van der Waals surface area (Å²) in [7, 11) is 0. The SMILES string of the molecule is CC(NC(=O)/C=C/c1sc2ccccc2c1Cl)C(=O)NC(C)(C)C. The van der Waals surface area contributed by atoms with Crippen molar-refractivity contribution in [2.45, 2.75) is 39.3 Å². The van der Waals surface area contributed by atoms with Crippen molar-refractivity contribution in [1.82, 2.24) is 10.6 Å². The Hall–Kier alpha value is -1.85. The van der Waals surface area contributed by atoms with Crippen LogP contribution in [0.3, 0.4) is 0 Å². The molecule has 0 saturated heterocycles. The molecule has 0 fully saturated rings. The summed E-state index contributed by atoms with van der Waals surface area (Å²) in [6.07, 6.45) is 3.08. The number of nitrogens with one attached hydrogen (secondary N) is 2. The maximum atomic E-state index is 12.0. The number of carbonyl (C=O) groups is 2. The van der Waals surface area contributed by atoms with Gasteiger partial charge in [0, 0.05) is 26.6 Å². The van der Waals surface area contributed by atoms with Crippen molar-refractivity contribution in [3.05, 3.63) is 40.2 Å². The Morgan fingerprint density at radius 3 is 2.54 bits per heavy atom. The Balaban J connectivity index is 2.02. The van der Waals surface area contributed by atoms with Gasteiger partial charge in [-0.2, -0.15) is 0 Å². The van der Waals surface area contributed by atoms with Crippen LogP contribution in [0.4, 0.5) is 0 Å². The van der Waals surface area contributed by atoms with Gasteiger partial charge in [0.15, 0.2) is 0 Å². The number of hydrogen-bond donors (Lipinski definition) is 2. The van der Waals surface area contributed by atoms with Gasteiger partial charge in [-0.25, -0.2) is 0 Å². The molecule has 0 spiro atoms. The normalized spacial score (nSPS) is 13.2. The molecule has 0 aliphatic carbocycles. The first-order valence-corrected chi connectivity index (χ1v) is 8.84. The van der Waals surface area contributed by atoms with E-state index in [4.69, 9.17) is 11.6 Å². The smallest absolute Gasteiger partial charge is 0.244 e. The maximum Gasteiger partial charge on any atom is 0.244 e. The second-order valence-corrected chi connectivity index (χ2v) is 8.04. The molecule has 1 atom stereocenters. The quantitative estimate of drug-likeness (QED) is 0.806. The van der Waals surface area contributed by atoms with Crippen molar-refractivity contribution in [2.24, 2.45) is 0 Å². The fourth-order valence-electron chi connectivity index (χ4n) is 2.10. The molecule has 2 rings (SSSR count). The minimum Gasteiger partial charge on any atom is -0.350 e. The number of halogens is 1. The molecule has 6 heteroatoms. The molecular weight excluding hydrogens is 344 g/mol. The van der Waals surface area contributed by atoms with Crippen LogP contribution in [0.2, 0.25) is 5.02 Å². The lowest BCUT2D eigenvalue weighted by atomic mass is 10.1. The van der Waals surface area contributed by atoms with E-state index in [0.29, 0.717) is 5.02 Å². The van der Waals surface area contributed by atoms with Gasteiger partial charge >= 0.3 is 0 Å². The van der Waals surface area contributed by atoms with Gasteiger partial charge < -0.3 is 10.6 Å². The fourth-order valence-corrected chi connectivity index (χ4v) is 3.50. The van der Waals surface area contributed by atoms with E-state index < -0.39 is 6.04 Å². The molecular formula is C18H21ClN2O2S. The Morgan fingerprint density at radius 1 is 1.25 bits per heavy atom. The predicted molar refractivity (Wildman–Crippen MR) is 101 cm³/mol. The Bertz CT molecular complexity index is 790. The molecule has 2 amide bonds.